The molecule has 3 fully saturated rings. The number of hydrogen-bond donors (Lipinski definition) is 4. The number of halogens is 1. The van der Waals surface area contributed by atoms with Gasteiger partial charge in [-0.25, -0.2) is 13.1 Å². The van der Waals surface area contributed by atoms with Crippen LogP contribution in [0.15, 0.2) is 89.5 Å². The van der Waals surface area contributed by atoms with Crippen LogP contribution in [0.25, 0.3) is 16.6 Å². The first-order valence-corrected chi connectivity index (χ1v) is 27.0. The molecule has 0 spiro atoms. The molecule has 0 bridgehead atoms. The van der Waals surface area contributed by atoms with Crippen molar-refractivity contribution in [2.75, 3.05) is 87.4 Å². The van der Waals surface area contributed by atoms with Gasteiger partial charge in [0.05, 0.1) is 64.7 Å². The van der Waals surface area contributed by atoms with E-state index in [0.29, 0.717) is 106 Å². The zero-order valence-corrected chi connectivity index (χ0v) is 43.0. The number of carbonyl (C=O) groups is 1. The number of nitrogens with zero attached hydrogens (tertiary/aromatic N) is 5. The van der Waals surface area contributed by atoms with Crippen molar-refractivity contribution in [1.29, 1.82) is 0 Å². The van der Waals surface area contributed by atoms with E-state index in [1.165, 1.54) is 23.3 Å². The number of benzene rings is 3. The Morgan fingerprint density at radius 3 is 2.62 bits per heavy atom. The minimum absolute atomic E-state index is 0.000196. The zero-order valence-electron chi connectivity index (χ0n) is 41.4. The summed E-state index contributed by atoms with van der Waals surface area (Å²) in [5.41, 5.74) is 5.03. The standard InChI is InChI=1S/C53H63ClN8O10S/c1-52(2)27-42(34-6-8-36(54)9-7-34)43-31-60-20-19-59(30-38(60)32-69-21-5-23-70-48(43)28-52)37-10-12-41(45(25-37)61-18-4-22-71-51-47(61)24-35-15-17-55-49(35)57-51)50(63)58-73(67,68)40-11-13-44(46(26-40)62(65)66)56-29-39-14-16-53(3,64)33-72-39/h6-13,15,17,24-26,38-39,48,56,64H,4-5,14,16,18-23,27-33H2,1-3H3,(H,55,57)(H,58,63)/t38-,39+,48+,53?/m0/s1. The van der Waals surface area contributed by atoms with E-state index in [0.717, 1.165) is 42.0 Å². The number of anilines is 4. The SMILES string of the molecule is CC1(C)CC(c2ccc(Cl)cc2)=C2CN3CCN(c4ccc(C(=O)NS(=O)(=O)c5ccc(NC[C@H]6CCC(C)(O)CO6)c([N+](=O)[O-])c5)c(N5CCCOc6nc7[nH]ccc7cc65)c4)C[C@H]3COCCCO[C@@H]2C1. The van der Waals surface area contributed by atoms with Crippen molar-refractivity contribution in [3.05, 3.63) is 111 Å². The van der Waals surface area contributed by atoms with Crippen molar-refractivity contribution in [3.8, 4) is 5.88 Å². The van der Waals surface area contributed by atoms with Gasteiger partial charge in [-0.05, 0) is 122 Å². The third-order valence-corrected chi connectivity index (χ3v) is 16.3. The molecule has 0 radical (unpaired) electrons. The molecule has 73 heavy (non-hydrogen) atoms. The van der Waals surface area contributed by atoms with Gasteiger partial charge in [-0.2, -0.15) is 4.98 Å². The second-order valence-corrected chi connectivity index (χ2v) is 23.0. The number of ether oxygens (including phenoxy) is 4. The maximum absolute atomic E-state index is 14.6. The van der Waals surface area contributed by atoms with Crippen LogP contribution in [0.3, 0.4) is 0 Å². The van der Waals surface area contributed by atoms with E-state index < -0.39 is 37.0 Å². The molecule has 5 aromatic rings. The van der Waals surface area contributed by atoms with Crippen LogP contribution in [0.1, 0.15) is 75.2 Å². The molecule has 18 nitrogen and oxygen atoms in total. The van der Waals surface area contributed by atoms with Crippen LogP contribution in [0.2, 0.25) is 5.02 Å². The van der Waals surface area contributed by atoms with Crippen molar-refractivity contribution in [2.45, 2.75) is 88.0 Å². The fourth-order valence-corrected chi connectivity index (χ4v) is 11.9. The highest BCUT2D eigenvalue weighted by atomic mass is 35.5. The van der Waals surface area contributed by atoms with E-state index in [4.69, 9.17) is 35.5 Å². The van der Waals surface area contributed by atoms with Crippen molar-refractivity contribution in [2.24, 2.45) is 5.41 Å². The molecule has 3 aromatic carbocycles. The number of allylic oxidation sites excluding steroid dienone is 1. The Kier molecular flexibility index (Phi) is 14.5. The van der Waals surface area contributed by atoms with Gasteiger partial charge in [0.1, 0.15) is 17.0 Å². The van der Waals surface area contributed by atoms with Gasteiger partial charge in [-0.15, -0.1) is 0 Å². The van der Waals surface area contributed by atoms with Crippen molar-refractivity contribution >= 4 is 72.6 Å². The van der Waals surface area contributed by atoms with Crippen LogP contribution in [-0.4, -0.2) is 135 Å². The number of pyridine rings is 1. The van der Waals surface area contributed by atoms with Gasteiger partial charge in [0, 0.05) is 80.8 Å². The summed E-state index contributed by atoms with van der Waals surface area (Å²) in [6.45, 7) is 11.8. The van der Waals surface area contributed by atoms with Gasteiger partial charge < -0.3 is 44.2 Å². The normalized spacial score (nSPS) is 24.0. The summed E-state index contributed by atoms with van der Waals surface area (Å²) in [5.74, 6) is -0.554. The van der Waals surface area contributed by atoms with Crippen molar-refractivity contribution < 1.29 is 42.2 Å². The van der Waals surface area contributed by atoms with Gasteiger partial charge in [-0.3, -0.25) is 19.8 Å². The Bertz CT molecular complexity index is 3010. The van der Waals surface area contributed by atoms with E-state index in [1.807, 2.05) is 41.3 Å². The maximum atomic E-state index is 14.6. The molecule has 4 aliphatic heterocycles. The summed E-state index contributed by atoms with van der Waals surface area (Å²) in [6, 6.07) is 20.8. The lowest BCUT2D eigenvalue weighted by molar-refractivity contribution is -0.384. The lowest BCUT2D eigenvalue weighted by Crippen LogP contribution is -2.56. The molecule has 5 aliphatic rings. The molecule has 3 saturated heterocycles. The quantitative estimate of drug-likeness (QED) is 0.0769. The first kappa shape index (κ1) is 50.7. The minimum atomic E-state index is -4.65. The van der Waals surface area contributed by atoms with Crippen LogP contribution >= 0.6 is 11.6 Å². The first-order valence-electron chi connectivity index (χ1n) is 25.1. The molecule has 1 amide bonds. The lowest BCUT2D eigenvalue weighted by atomic mass is 9.71. The number of nitro benzene ring substituents is 1. The molecule has 4 N–H and O–H groups in total. The van der Waals surface area contributed by atoms with E-state index in [-0.39, 0.29) is 48.1 Å². The molecular weight excluding hydrogens is 976 g/mol. The zero-order chi connectivity index (χ0) is 51.1. The molecular formula is C53H63ClN8O10S. The molecule has 20 heteroatoms. The third-order valence-electron chi connectivity index (χ3n) is 14.7. The average molecular weight is 1040 g/mol. The van der Waals surface area contributed by atoms with Crippen molar-refractivity contribution in [3.63, 3.8) is 0 Å². The number of aromatic amines is 1. The van der Waals surface area contributed by atoms with Crippen LogP contribution in [0, 0.1) is 15.5 Å². The van der Waals surface area contributed by atoms with Crippen LogP contribution in [-0.2, 0) is 24.2 Å². The second-order valence-electron chi connectivity index (χ2n) is 20.9. The summed E-state index contributed by atoms with van der Waals surface area (Å²) >= 11 is 6.38. The monoisotopic (exact) mass is 1040 g/mol. The predicted molar refractivity (Wildman–Crippen MR) is 280 cm³/mol. The Hall–Kier alpha value is -5.80. The van der Waals surface area contributed by atoms with Crippen LogP contribution < -0.4 is 24.6 Å². The van der Waals surface area contributed by atoms with Crippen LogP contribution in [0.4, 0.5) is 28.4 Å². The molecule has 4 atom stereocenters. The first-order chi connectivity index (χ1) is 35.0. The van der Waals surface area contributed by atoms with E-state index in [1.54, 1.807) is 19.2 Å². The van der Waals surface area contributed by atoms with Gasteiger partial charge in [0.25, 0.3) is 21.6 Å². The van der Waals surface area contributed by atoms with E-state index >= 15 is 0 Å². The number of aliphatic hydroxyl groups is 1. The minimum Gasteiger partial charge on any atom is -0.476 e. The number of piperazine rings is 1. The fraction of sp³-hybridized carbons (Fsp3) is 0.472. The molecule has 0 saturated carbocycles. The molecule has 10 rings (SSSR count). The summed E-state index contributed by atoms with van der Waals surface area (Å²) in [4.78, 5) is 40.5. The van der Waals surface area contributed by atoms with Gasteiger partial charge in [0.2, 0.25) is 5.88 Å². The molecule has 6 heterocycles. The summed E-state index contributed by atoms with van der Waals surface area (Å²) in [7, 11) is -4.65. The number of aromatic nitrogens is 2. The Balaban J connectivity index is 0.957. The van der Waals surface area contributed by atoms with Gasteiger partial charge in [0.15, 0.2) is 0 Å². The number of nitro groups is 1. The number of carbonyl (C=O) groups excluding carboxylic acids is 1. The number of hydrogen-bond acceptors (Lipinski definition) is 15. The predicted octanol–water partition coefficient (Wildman–Crippen LogP) is 8.08. The second kappa shape index (κ2) is 20.8. The topological polar surface area (TPSA) is 214 Å². The lowest BCUT2D eigenvalue weighted by Gasteiger charge is -2.45. The van der Waals surface area contributed by atoms with Crippen LogP contribution in [0.5, 0.6) is 5.88 Å². The highest BCUT2D eigenvalue weighted by molar-refractivity contribution is 7.90. The fourth-order valence-electron chi connectivity index (χ4n) is 10.8. The number of nitrogens with one attached hydrogen (secondary N) is 3. The van der Waals surface area contributed by atoms with E-state index in [9.17, 15) is 28.4 Å². The molecule has 388 valence electrons. The Labute approximate surface area is 430 Å². The number of fused-ring (bicyclic) bond motifs is 4. The number of rotatable bonds is 10. The largest absolute Gasteiger partial charge is 0.476 e. The number of amides is 1. The summed E-state index contributed by atoms with van der Waals surface area (Å²) < 4.78 is 55.4. The van der Waals surface area contributed by atoms with Gasteiger partial charge >= 0.3 is 0 Å². The molecule has 2 aromatic heterocycles. The van der Waals surface area contributed by atoms with Crippen molar-refractivity contribution in [1.82, 2.24) is 19.6 Å². The molecule has 1 aliphatic carbocycles. The van der Waals surface area contributed by atoms with Gasteiger partial charge in [-0.1, -0.05) is 37.6 Å². The highest BCUT2D eigenvalue weighted by Crippen LogP contribution is 2.46. The Morgan fingerprint density at radius 2 is 1.82 bits per heavy atom. The number of sulfonamides is 1. The highest BCUT2D eigenvalue weighted by Gasteiger charge is 2.39. The third kappa shape index (κ3) is 11.3. The summed E-state index contributed by atoms with van der Waals surface area (Å²) in [6.07, 6.45) is 5.64. The smallest absolute Gasteiger partial charge is 0.293 e. The summed E-state index contributed by atoms with van der Waals surface area (Å²) in [5, 5.41) is 27.1. The number of H-pyrrole nitrogens is 1. The molecule has 1 unspecified atom stereocenters. The average Bonchev–Trinajstić information content (AvgIpc) is 3.71. The maximum Gasteiger partial charge on any atom is 0.293 e. The Morgan fingerprint density at radius 1 is 0.986 bits per heavy atom. The van der Waals surface area contributed by atoms with E-state index in [2.05, 4.69) is 50.8 Å².